The molecule has 0 saturated carbocycles. The topological polar surface area (TPSA) is 117 Å². The number of fused-ring (bicyclic) bond motifs is 2. The van der Waals surface area contributed by atoms with Crippen LogP contribution in [0.1, 0.15) is 205 Å². The SMILES string of the molecule is CCCCCCCCCCCCCCCC[N+](C)(C)CC([OH2+])CN=C1C=CC(=NCC([OH2+])C[N+](C)(C)CCCCCCCCCCCCCCCC)c2c1c([O-])c1ccccc1c2[O-]. The van der Waals surface area contributed by atoms with E-state index in [4.69, 9.17) is 20.2 Å². The molecule has 3 rings (SSSR count). The second kappa shape index (κ2) is 32.0. The van der Waals surface area contributed by atoms with Gasteiger partial charge in [-0.25, -0.2) is 0 Å². The van der Waals surface area contributed by atoms with Crippen molar-refractivity contribution in [3.8, 4) is 11.5 Å². The lowest BCUT2D eigenvalue weighted by atomic mass is 9.88. The van der Waals surface area contributed by atoms with Crippen LogP contribution in [0.25, 0.3) is 10.8 Å². The van der Waals surface area contributed by atoms with E-state index in [0.717, 1.165) is 34.9 Å². The quantitative estimate of drug-likeness (QED) is 0.0379. The Morgan fingerprint density at radius 3 is 0.984 bits per heavy atom. The predicted octanol–water partition coefficient (Wildman–Crippen LogP) is 11.4. The van der Waals surface area contributed by atoms with E-state index in [9.17, 15) is 10.2 Å². The van der Waals surface area contributed by atoms with Crippen molar-refractivity contribution in [3.63, 3.8) is 0 Å². The molecule has 0 fully saturated rings. The second-order valence-electron chi connectivity index (χ2n) is 21.0. The molecule has 1 aliphatic rings. The van der Waals surface area contributed by atoms with Gasteiger partial charge >= 0.3 is 0 Å². The van der Waals surface area contributed by atoms with E-state index < -0.39 is 12.2 Å². The molecule has 64 heavy (non-hydrogen) atoms. The van der Waals surface area contributed by atoms with Crippen LogP contribution in [-0.4, -0.2) is 110 Å². The molecule has 0 aromatic heterocycles. The van der Waals surface area contributed by atoms with Crippen LogP contribution in [0.2, 0.25) is 0 Å². The van der Waals surface area contributed by atoms with Gasteiger partial charge in [0, 0.05) is 11.1 Å². The third kappa shape index (κ3) is 22.1. The van der Waals surface area contributed by atoms with Gasteiger partial charge in [0.15, 0.2) is 13.1 Å². The van der Waals surface area contributed by atoms with Gasteiger partial charge < -0.3 is 29.4 Å². The highest BCUT2D eigenvalue weighted by molar-refractivity contribution is 6.30. The van der Waals surface area contributed by atoms with Crippen molar-refractivity contribution in [1.82, 2.24) is 0 Å². The van der Waals surface area contributed by atoms with Crippen molar-refractivity contribution in [2.45, 2.75) is 206 Å². The second-order valence-corrected chi connectivity index (χ2v) is 21.0. The van der Waals surface area contributed by atoms with Crippen molar-refractivity contribution >= 4 is 22.2 Å². The van der Waals surface area contributed by atoms with Crippen molar-refractivity contribution in [2.24, 2.45) is 9.98 Å². The molecule has 0 saturated heterocycles. The molecule has 0 bridgehead atoms. The normalized spacial score (nSPS) is 15.4. The van der Waals surface area contributed by atoms with Gasteiger partial charge in [0.05, 0.1) is 52.7 Å². The van der Waals surface area contributed by atoms with E-state index in [0.29, 0.717) is 46.4 Å². The Labute approximate surface area is 392 Å². The largest absolute Gasteiger partial charge is 0.872 e. The summed E-state index contributed by atoms with van der Waals surface area (Å²) in [4.78, 5) is 9.69. The summed E-state index contributed by atoms with van der Waals surface area (Å²) in [6.07, 6.45) is 40.5. The Morgan fingerprint density at radius 1 is 0.438 bits per heavy atom. The number of allylic oxidation sites excluding steroid dienone is 2. The van der Waals surface area contributed by atoms with Gasteiger partial charge in [-0.05, 0) is 48.6 Å². The number of benzene rings is 2. The first-order valence-electron chi connectivity index (χ1n) is 26.7. The Bertz CT molecular complexity index is 1530. The highest BCUT2D eigenvalue weighted by Gasteiger charge is 2.27. The van der Waals surface area contributed by atoms with Gasteiger partial charge in [-0.1, -0.05) is 204 Å². The number of unbranched alkanes of at least 4 members (excludes halogenated alkanes) is 26. The fourth-order valence-corrected chi connectivity index (χ4v) is 9.83. The van der Waals surface area contributed by atoms with Gasteiger partial charge in [-0.15, -0.1) is 0 Å². The Balaban J connectivity index is 1.46. The Morgan fingerprint density at radius 2 is 0.703 bits per heavy atom. The lowest BCUT2D eigenvalue weighted by Crippen LogP contribution is -2.46. The maximum atomic E-state index is 14.1. The average molecular weight is 891 g/mol. The van der Waals surface area contributed by atoms with E-state index in [1.165, 1.54) is 167 Å². The van der Waals surface area contributed by atoms with Gasteiger partial charge in [0.25, 0.3) is 0 Å². The summed E-state index contributed by atoms with van der Waals surface area (Å²) in [5, 5.41) is 46.8. The number of rotatable bonds is 38. The first-order chi connectivity index (χ1) is 30.9. The smallest absolute Gasteiger partial charge is 0.223 e. The number of nitrogens with zero attached hydrogens (tertiary/aromatic N) is 4. The Hall–Kier alpha value is -2.78. The molecule has 0 spiro atoms. The maximum Gasteiger partial charge on any atom is 0.223 e. The zero-order valence-electron chi connectivity index (χ0n) is 42.3. The molecule has 8 heteroatoms. The molecule has 2 aromatic carbocycles. The first kappa shape index (κ1) is 55.5. The lowest BCUT2D eigenvalue weighted by Gasteiger charge is -2.31. The molecule has 2 unspecified atom stereocenters. The molecular weight excluding hydrogens is 793 g/mol. The summed E-state index contributed by atoms with van der Waals surface area (Å²) < 4.78 is 1.54. The standard InChI is InChI=1S/C56H96N4O4/c1-7-9-11-13-15-17-19-21-23-25-27-29-31-35-41-59(3,4)45-47(61)43-57-51-39-40-52(54-53(51)55(63)49-37-33-34-38-50(49)56(54)64)58-44-48(62)46-60(5,6)42-36-32-30-28-26-24-22-20-18-16-14-12-10-8-2/h33-34,37-40,47-48,61-62H,7-32,35-36,41-46H2,1-6H3/p+2. The average Bonchev–Trinajstić information content (AvgIpc) is 3.26. The maximum absolute atomic E-state index is 14.1. The van der Waals surface area contributed by atoms with Crippen LogP contribution in [0.3, 0.4) is 0 Å². The van der Waals surface area contributed by atoms with Gasteiger partial charge in [-0.3, -0.25) is 9.98 Å². The van der Waals surface area contributed by atoms with E-state index in [1.807, 2.05) is 0 Å². The number of likely N-dealkylation sites (N-methyl/N-ethyl adjacent to an activating group) is 2. The zero-order valence-corrected chi connectivity index (χ0v) is 42.3. The minimum Gasteiger partial charge on any atom is -0.872 e. The molecule has 2 aromatic rings. The van der Waals surface area contributed by atoms with Crippen LogP contribution in [-0.2, 0) is 0 Å². The van der Waals surface area contributed by atoms with Gasteiger partial charge in [0.2, 0.25) is 12.2 Å². The molecule has 2 atom stereocenters. The molecule has 0 heterocycles. The highest BCUT2D eigenvalue weighted by Crippen LogP contribution is 2.39. The number of hydrogen-bond acceptors (Lipinski definition) is 4. The van der Waals surface area contributed by atoms with E-state index in [1.54, 1.807) is 36.4 Å². The summed E-state index contributed by atoms with van der Waals surface area (Å²) in [6.45, 7) is 8.50. The number of quaternary nitrogens is 2. The number of hydrogen-bond donors (Lipinski definition) is 0. The van der Waals surface area contributed by atoms with Crippen LogP contribution in [0.4, 0.5) is 0 Å². The molecule has 0 radical (unpaired) electrons. The molecule has 4 N–H and O–H groups in total. The summed E-state index contributed by atoms with van der Waals surface area (Å²) in [7, 11) is 8.84. The van der Waals surface area contributed by atoms with E-state index in [2.05, 4.69) is 42.0 Å². The Kier molecular flexibility index (Phi) is 27.8. The molecule has 1 aliphatic carbocycles. The predicted molar refractivity (Wildman–Crippen MR) is 274 cm³/mol. The summed E-state index contributed by atoms with van der Waals surface area (Å²) >= 11 is 0. The summed E-state index contributed by atoms with van der Waals surface area (Å²) in [5.41, 5.74) is 1.52. The van der Waals surface area contributed by atoms with Crippen molar-refractivity contribution < 1.29 is 29.4 Å². The van der Waals surface area contributed by atoms with E-state index in [-0.39, 0.29) is 24.6 Å². The molecule has 0 aliphatic heterocycles. The monoisotopic (exact) mass is 891 g/mol. The van der Waals surface area contributed by atoms with Crippen molar-refractivity contribution in [1.29, 1.82) is 0 Å². The van der Waals surface area contributed by atoms with Crippen LogP contribution in [0, 0.1) is 0 Å². The van der Waals surface area contributed by atoms with Crippen LogP contribution < -0.4 is 10.2 Å². The summed E-state index contributed by atoms with van der Waals surface area (Å²) in [5.74, 6) is -0.435. The minimum absolute atomic E-state index is 0.218. The lowest BCUT2D eigenvalue weighted by molar-refractivity contribution is -0.893. The van der Waals surface area contributed by atoms with E-state index >= 15 is 0 Å². The van der Waals surface area contributed by atoms with Crippen molar-refractivity contribution in [3.05, 3.63) is 47.5 Å². The fraction of sp³-hybridized carbons (Fsp3) is 0.750. The third-order valence-electron chi connectivity index (χ3n) is 13.7. The minimum atomic E-state index is -0.432. The molecule has 8 nitrogen and oxygen atoms in total. The van der Waals surface area contributed by atoms with Crippen LogP contribution in [0.5, 0.6) is 11.5 Å². The molecular formula is C56H98N4O4+2. The fourth-order valence-electron chi connectivity index (χ4n) is 9.83. The summed E-state index contributed by atoms with van der Waals surface area (Å²) in [6, 6.07) is 7.02. The molecule has 0 amide bonds. The van der Waals surface area contributed by atoms with Crippen LogP contribution in [0.15, 0.2) is 46.4 Å². The third-order valence-corrected chi connectivity index (χ3v) is 13.7. The van der Waals surface area contributed by atoms with Gasteiger partial charge in [0.1, 0.15) is 13.1 Å². The number of aliphatic imine (C=N–C) groups is 2. The zero-order chi connectivity index (χ0) is 46.5. The first-order valence-corrected chi connectivity index (χ1v) is 26.7. The molecule has 364 valence electrons. The van der Waals surface area contributed by atoms with Crippen molar-refractivity contribution in [2.75, 3.05) is 67.5 Å². The highest BCUT2D eigenvalue weighted by atomic mass is 16.3. The van der Waals surface area contributed by atoms with Crippen LogP contribution >= 0.6 is 0 Å². The van der Waals surface area contributed by atoms with Gasteiger partial charge in [-0.2, -0.15) is 0 Å².